The number of halogens is 2. The lowest BCUT2D eigenvalue weighted by molar-refractivity contribution is -0.120. The SMILES string of the molecule is O=C(CNC(=O)c1ccc(Cl)cc1Cl)NCc1ccco1. The highest BCUT2D eigenvalue weighted by molar-refractivity contribution is 6.36. The number of nitrogens with one attached hydrogen (secondary N) is 2. The molecule has 1 aromatic carbocycles. The van der Waals surface area contributed by atoms with E-state index in [4.69, 9.17) is 27.6 Å². The van der Waals surface area contributed by atoms with Crippen molar-refractivity contribution in [3.8, 4) is 0 Å². The molecule has 5 nitrogen and oxygen atoms in total. The van der Waals surface area contributed by atoms with E-state index in [9.17, 15) is 9.59 Å². The van der Waals surface area contributed by atoms with Crippen LogP contribution in [0.15, 0.2) is 41.0 Å². The molecule has 0 atom stereocenters. The standard InChI is InChI=1S/C14H12Cl2N2O3/c15-9-3-4-11(12(16)6-9)14(20)18-8-13(19)17-7-10-2-1-5-21-10/h1-6H,7-8H2,(H,17,19)(H,18,20). The van der Waals surface area contributed by atoms with Crippen LogP contribution in [-0.4, -0.2) is 18.4 Å². The Bertz CT molecular complexity index is 642. The predicted molar refractivity (Wildman–Crippen MR) is 79.3 cm³/mol. The molecule has 0 bridgehead atoms. The summed E-state index contributed by atoms with van der Waals surface area (Å²) in [6.07, 6.45) is 1.52. The van der Waals surface area contributed by atoms with E-state index in [1.165, 1.54) is 18.4 Å². The molecule has 0 unspecified atom stereocenters. The summed E-state index contributed by atoms with van der Waals surface area (Å²) in [5.41, 5.74) is 0.264. The first-order valence-electron chi connectivity index (χ1n) is 6.08. The van der Waals surface area contributed by atoms with Gasteiger partial charge in [0.15, 0.2) is 0 Å². The summed E-state index contributed by atoms with van der Waals surface area (Å²) in [5.74, 6) is -0.134. The zero-order chi connectivity index (χ0) is 15.2. The average molecular weight is 327 g/mol. The van der Waals surface area contributed by atoms with Gasteiger partial charge in [0.1, 0.15) is 5.76 Å². The smallest absolute Gasteiger partial charge is 0.253 e. The number of hydrogen-bond donors (Lipinski definition) is 2. The minimum absolute atomic E-state index is 0.154. The molecule has 0 saturated carbocycles. The molecule has 0 aliphatic heterocycles. The molecule has 7 heteroatoms. The monoisotopic (exact) mass is 326 g/mol. The molecule has 0 spiro atoms. The molecule has 0 saturated heterocycles. The number of hydrogen-bond acceptors (Lipinski definition) is 3. The van der Waals surface area contributed by atoms with Crippen molar-refractivity contribution >= 4 is 35.0 Å². The third kappa shape index (κ3) is 4.51. The van der Waals surface area contributed by atoms with E-state index in [1.54, 1.807) is 18.2 Å². The van der Waals surface area contributed by atoms with Crippen molar-refractivity contribution < 1.29 is 14.0 Å². The van der Waals surface area contributed by atoms with Gasteiger partial charge < -0.3 is 15.1 Å². The van der Waals surface area contributed by atoms with Gasteiger partial charge in [0.25, 0.3) is 5.91 Å². The molecule has 110 valence electrons. The maximum absolute atomic E-state index is 11.9. The Kier molecular flexibility index (Phi) is 5.25. The van der Waals surface area contributed by atoms with Gasteiger partial charge in [-0.2, -0.15) is 0 Å². The second-order valence-corrected chi connectivity index (χ2v) is 5.01. The van der Waals surface area contributed by atoms with Crippen molar-refractivity contribution in [2.24, 2.45) is 0 Å². The molecule has 1 aromatic heterocycles. The van der Waals surface area contributed by atoms with Gasteiger partial charge >= 0.3 is 0 Å². The van der Waals surface area contributed by atoms with Crippen LogP contribution in [0.2, 0.25) is 10.0 Å². The molecule has 2 aromatic rings. The van der Waals surface area contributed by atoms with Gasteiger partial charge in [-0.15, -0.1) is 0 Å². The fourth-order valence-corrected chi connectivity index (χ4v) is 2.09. The van der Waals surface area contributed by atoms with E-state index >= 15 is 0 Å². The molecule has 0 radical (unpaired) electrons. The number of carbonyl (C=O) groups is 2. The van der Waals surface area contributed by atoms with Crippen LogP contribution in [0.1, 0.15) is 16.1 Å². The van der Waals surface area contributed by atoms with Crippen molar-refractivity contribution in [2.75, 3.05) is 6.54 Å². The summed E-state index contributed by atoms with van der Waals surface area (Å²) in [6, 6.07) is 7.99. The number of amides is 2. The van der Waals surface area contributed by atoms with Gasteiger partial charge in [0.05, 0.1) is 29.9 Å². The first kappa shape index (κ1) is 15.4. The normalized spacial score (nSPS) is 10.2. The third-order valence-electron chi connectivity index (χ3n) is 2.63. The molecular weight excluding hydrogens is 315 g/mol. The van der Waals surface area contributed by atoms with E-state index < -0.39 is 5.91 Å². The molecule has 1 heterocycles. The van der Waals surface area contributed by atoms with Gasteiger partial charge in [-0.3, -0.25) is 9.59 Å². The van der Waals surface area contributed by atoms with Crippen LogP contribution in [0, 0.1) is 0 Å². The van der Waals surface area contributed by atoms with Gasteiger partial charge in [-0.1, -0.05) is 23.2 Å². The first-order valence-corrected chi connectivity index (χ1v) is 6.84. The fraction of sp³-hybridized carbons (Fsp3) is 0.143. The summed E-state index contributed by atoms with van der Waals surface area (Å²) in [4.78, 5) is 23.5. The number of benzene rings is 1. The summed E-state index contributed by atoms with van der Waals surface area (Å²) in [5, 5.41) is 5.76. The number of furan rings is 1. The van der Waals surface area contributed by atoms with Gasteiger partial charge in [-0.25, -0.2) is 0 Å². The Hall–Kier alpha value is -1.98. The highest BCUT2D eigenvalue weighted by Crippen LogP contribution is 2.20. The van der Waals surface area contributed by atoms with Crippen LogP contribution in [0.25, 0.3) is 0 Å². The average Bonchev–Trinajstić information content (AvgIpc) is 2.95. The van der Waals surface area contributed by atoms with Crippen molar-refractivity contribution in [3.63, 3.8) is 0 Å². The highest BCUT2D eigenvalue weighted by Gasteiger charge is 2.12. The third-order valence-corrected chi connectivity index (χ3v) is 3.17. The molecule has 2 N–H and O–H groups in total. The molecule has 2 amide bonds. The second kappa shape index (κ2) is 7.15. The lowest BCUT2D eigenvalue weighted by Crippen LogP contribution is -2.36. The number of rotatable bonds is 5. The summed E-state index contributed by atoms with van der Waals surface area (Å²) in [6.45, 7) is 0.113. The van der Waals surface area contributed by atoms with E-state index in [2.05, 4.69) is 10.6 Å². The lowest BCUT2D eigenvalue weighted by Gasteiger charge is -2.07. The van der Waals surface area contributed by atoms with E-state index in [-0.39, 0.29) is 29.6 Å². The lowest BCUT2D eigenvalue weighted by atomic mass is 10.2. The van der Waals surface area contributed by atoms with Gasteiger partial charge in [0.2, 0.25) is 5.91 Å². The van der Waals surface area contributed by atoms with E-state index in [0.29, 0.717) is 10.8 Å². The Morgan fingerprint density at radius 1 is 1.14 bits per heavy atom. The molecule has 0 aliphatic rings. The van der Waals surface area contributed by atoms with Crippen molar-refractivity contribution in [2.45, 2.75) is 6.54 Å². The zero-order valence-corrected chi connectivity index (χ0v) is 12.4. The fourth-order valence-electron chi connectivity index (χ4n) is 1.59. The molecule has 2 rings (SSSR count). The van der Waals surface area contributed by atoms with E-state index in [0.717, 1.165) is 0 Å². The Morgan fingerprint density at radius 3 is 2.62 bits per heavy atom. The maximum atomic E-state index is 11.9. The summed E-state index contributed by atoms with van der Waals surface area (Å²) in [7, 11) is 0. The van der Waals surface area contributed by atoms with Crippen LogP contribution in [0.4, 0.5) is 0 Å². The van der Waals surface area contributed by atoms with Gasteiger partial charge in [0, 0.05) is 5.02 Å². The Labute approximate surface area is 131 Å². The second-order valence-electron chi connectivity index (χ2n) is 4.16. The van der Waals surface area contributed by atoms with Crippen LogP contribution >= 0.6 is 23.2 Å². The molecule has 21 heavy (non-hydrogen) atoms. The zero-order valence-electron chi connectivity index (χ0n) is 10.9. The quantitative estimate of drug-likeness (QED) is 0.887. The van der Waals surface area contributed by atoms with Gasteiger partial charge in [-0.05, 0) is 30.3 Å². The van der Waals surface area contributed by atoms with Crippen LogP contribution in [-0.2, 0) is 11.3 Å². The first-order chi connectivity index (χ1) is 10.1. The van der Waals surface area contributed by atoms with Crippen molar-refractivity contribution in [1.82, 2.24) is 10.6 Å². The summed E-state index contributed by atoms with van der Waals surface area (Å²) < 4.78 is 5.07. The minimum Gasteiger partial charge on any atom is -0.467 e. The van der Waals surface area contributed by atoms with Crippen molar-refractivity contribution in [3.05, 3.63) is 58.0 Å². The van der Waals surface area contributed by atoms with Crippen LogP contribution < -0.4 is 10.6 Å². The molecule has 0 fully saturated rings. The van der Waals surface area contributed by atoms with E-state index in [1.807, 2.05) is 0 Å². The topological polar surface area (TPSA) is 71.3 Å². The predicted octanol–water partition coefficient (Wildman–Crippen LogP) is 2.63. The Balaban J connectivity index is 1.81. The number of carbonyl (C=O) groups excluding carboxylic acids is 2. The van der Waals surface area contributed by atoms with Crippen molar-refractivity contribution in [1.29, 1.82) is 0 Å². The van der Waals surface area contributed by atoms with Crippen LogP contribution in [0.5, 0.6) is 0 Å². The molecule has 0 aliphatic carbocycles. The summed E-state index contributed by atoms with van der Waals surface area (Å²) >= 11 is 11.7. The largest absolute Gasteiger partial charge is 0.467 e. The Morgan fingerprint density at radius 2 is 1.95 bits per heavy atom. The maximum Gasteiger partial charge on any atom is 0.253 e. The highest BCUT2D eigenvalue weighted by atomic mass is 35.5. The molecular formula is C14H12Cl2N2O3. The minimum atomic E-state index is -0.440. The van der Waals surface area contributed by atoms with Crippen LogP contribution in [0.3, 0.4) is 0 Å².